The molecule has 2 atom stereocenters. The Bertz CT molecular complexity index is 707. The largest absolute Gasteiger partial charge is 0.344 e. The van der Waals surface area contributed by atoms with Crippen molar-refractivity contribution >= 4 is 28.3 Å². The Labute approximate surface area is 136 Å². The fourth-order valence-corrected chi connectivity index (χ4v) is 2.35. The van der Waals surface area contributed by atoms with Gasteiger partial charge < -0.3 is 15.1 Å². The molecular formula is C18H24N3O2+. The van der Waals surface area contributed by atoms with Gasteiger partial charge in [0.1, 0.15) is 0 Å². The van der Waals surface area contributed by atoms with Gasteiger partial charge in [-0.25, -0.2) is 0 Å². The second kappa shape index (κ2) is 7.24. The highest BCUT2D eigenvalue weighted by Gasteiger charge is 2.24. The van der Waals surface area contributed by atoms with Crippen molar-refractivity contribution in [2.45, 2.75) is 13.0 Å². The number of rotatable bonds is 5. The van der Waals surface area contributed by atoms with Crippen molar-refractivity contribution in [3.05, 3.63) is 42.5 Å². The summed E-state index contributed by atoms with van der Waals surface area (Å²) in [6.07, 6.45) is 0. The number of anilines is 1. The van der Waals surface area contributed by atoms with E-state index >= 15 is 0 Å². The molecule has 2 N–H and O–H groups in total. The van der Waals surface area contributed by atoms with E-state index in [-0.39, 0.29) is 24.4 Å². The third-order valence-corrected chi connectivity index (χ3v) is 4.11. The van der Waals surface area contributed by atoms with E-state index in [1.54, 1.807) is 19.0 Å². The fraction of sp³-hybridized carbons (Fsp3) is 0.333. The van der Waals surface area contributed by atoms with E-state index in [1.807, 2.05) is 56.4 Å². The van der Waals surface area contributed by atoms with Gasteiger partial charge in [-0.05, 0) is 18.4 Å². The van der Waals surface area contributed by atoms with Crippen LogP contribution in [0.2, 0.25) is 0 Å². The molecule has 0 aromatic heterocycles. The number of nitrogens with one attached hydrogen (secondary N) is 2. The normalized spacial score (nSPS) is 13.4. The second-order valence-corrected chi connectivity index (χ2v) is 6.05. The summed E-state index contributed by atoms with van der Waals surface area (Å²) in [7, 11) is 5.29. The third-order valence-electron chi connectivity index (χ3n) is 4.11. The van der Waals surface area contributed by atoms with Crippen LogP contribution in [-0.2, 0) is 9.59 Å². The number of quaternary nitrogens is 1. The summed E-state index contributed by atoms with van der Waals surface area (Å²) in [4.78, 5) is 26.7. The zero-order valence-electron chi connectivity index (χ0n) is 14.1. The van der Waals surface area contributed by atoms with Gasteiger partial charge in [-0.1, -0.05) is 36.4 Å². The van der Waals surface area contributed by atoms with E-state index in [2.05, 4.69) is 5.32 Å². The maximum atomic E-state index is 12.5. The minimum atomic E-state index is -0.321. The summed E-state index contributed by atoms with van der Waals surface area (Å²) in [5, 5.41) is 5.08. The molecule has 0 saturated carbocycles. The Hall–Kier alpha value is -2.40. The van der Waals surface area contributed by atoms with Crippen molar-refractivity contribution in [1.29, 1.82) is 0 Å². The zero-order chi connectivity index (χ0) is 17.0. The van der Waals surface area contributed by atoms with E-state index in [9.17, 15) is 9.59 Å². The number of nitrogens with zero attached hydrogens (tertiary/aromatic N) is 1. The molecule has 2 aromatic rings. The first kappa shape index (κ1) is 17.0. The Morgan fingerprint density at radius 2 is 1.78 bits per heavy atom. The molecule has 2 aromatic carbocycles. The van der Waals surface area contributed by atoms with Crippen LogP contribution in [0.1, 0.15) is 6.92 Å². The molecule has 0 aliphatic carbocycles. The predicted octanol–water partition coefficient (Wildman–Crippen LogP) is 0.770. The van der Waals surface area contributed by atoms with Crippen LogP contribution in [-0.4, -0.2) is 50.4 Å². The number of fused-ring (bicyclic) bond motifs is 1. The Morgan fingerprint density at radius 3 is 2.48 bits per heavy atom. The maximum Gasteiger partial charge on any atom is 0.282 e. The summed E-state index contributed by atoms with van der Waals surface area (Å²) in [6.45, 7) is 2.12. The molecule has 0 saturated heterocycles. The van der Waals surface area contributed by atoms with Gasteiger partial charge in [0, 0.05) is 25.2 Å². The highest BCUT2D eigenvalue weighted by Crippen LogP contribution is 2.22. The molecule has 0 heterocycles. The van der Waals surface area contributed by atoms with E-state index in [0.29, 0.717) is 0 Å². The number of likely N-dealkylation sites (N-methyl/N-ethyl adjacent to an activating group) is 2. The van der Waals surface area contributed by atoms with Crippen molar-refractivity contribution in [3.8, 4) is 0 Å². The molecule has 5 nitrogen and oxygen atoms in total. The summed E-state index contributed by atoms with van der Waals surface area (Å²) >= 11 is 0. The summed E-state index contributed by atoms with van der Waals surface area (Å²) in [5.74, 6) is -0.0854. The SMILES string of the molecule is C[C@@H](C(=O)Nc1cccc2ccccc12)[NH+](C)CC(=O)N(C)C. The van der Waals surface area contributed by atoms with E-state index in [4.69, 9.17) is 0 Å². The number of hydrogen-bond donors (Lipinski definition) is 2. The third kappa shape index (κ3) is 4.07. The van der Waals surface area contributed by atoms with Gasteiger partial charge in [0.15, 0.2) is 12.6 Å². The van der Waals surface area contributed by atoms with Crippen molar-refractivity contribution in [2.75, 3.05) is 33.0 Å². The minimum Gasteiger partial charge on any atom is -0.344 e. The standard InChI is InChI=1S/C18H23N3O2/c1-13(21(4)12-17(22)20(2)3)18(23)19-16-11-7-9-14-8-5-6-10-15(14)16/h5-11,13H,12H2,1-4H3,(H,19,23)/p+1/t13-/m0/s1. The lowest BCUT2D eigenvalue weighted by molar-refractivity contribution is -0.886. The Balaban J connectivity index is 2.10. The molecule has 5 heteroatoms. The molecule has 0 fully saturated rings. The predicted molar refractivity (Wildman–Crippen MR) is 92.5 cm³/mol. The lowest BCUT2D eigenvalue weighted by atomic mass is 10.1. The quantitative estimate of drug-likeness (QED) is 0.856. The van der Waals surface area contributed by atoms with Gasteiger partial charge >= 0.3 is 0 Å². The molecule has 1 unspecified atom stereocenters. The summed E-state index contributed by atoms with van der Waals surface area (Å²) in [6, 6.07) is 13.4. The van der Waals surface area contributed by atoms with Gasteiger partial charge in [0.25, 0.3) is 11.8 Å². The van der Waals surface area contributed by atoms with Crippen LogP contribution in [0.3, 0.4) is 0 Å². The topological polar surface area (TPSA) is 53.9 Å². The van der Waals surface area contributed by atoms with Crippen LogP contribution in [0.25, 0.3) is 10.8 Å². The number of carbonyl (C=O) groups is 2. The lowest BCUT2D eigenvalue weighted by Crippen LogP contribution is -3.15. The molecule has 2 rings (SSSR count). The van der Waals surface area contributed by atoms with Gasteiger partial charge in [-0.2, -0.15) is 0 Å². The van der Waals surface area contributed by atoms with Gasteiger partial charge in [-0.15, -0.1) is 0 Å². The van der Waals surface area contributed by atoms with Crippen molar-refractivity contribution in [1.82, 2.24) is 4.90 Å². The molecule has 0 bridgehead atoms. The first-order valence-electron chi connectivity index (χ1n) is 7.71. The molecule has 122 valence electrons. The van der Waals surface area contributed by atoms with Crippen LogP contribution in [0.5, 0.6) is 0 Å². The monoisotopic (exact) mass is 314 g/mol. The van der Waals surface area contributed by atoms with E-state index < -0.39 is 0 Å². The van der Waals surface area contributed by atoms with Crippen molar-refractivity contribution < 1.29 is 14.5 Å². The van der Waals surface area contributed by atoms with Crippen LogP contribution in [0.15, 0.2) is 42.5 Å². The van der Waals surface area contributed by atoms with Crippen LogP contribution < -0.4 is 10.2 Å². The second-order valence-electron chi connectivity index (χ2n) is 6.05. The fourth-order valence-electron chi connectivity index (χ4n) is 2.35. The molecule has 0 radical (unpaired) electrons. The average molecular weight is 314 g/mol. The van der Waals surface area contributed by atoms with Gasteiger partial charge in [-0.3, -0.25) is 9.59 Å². The minimum absolute atomic E-state index is 0.00677. The highest BCUT2D eigenvalue weighted by molar-refractivity contribution is 6.03. The zero-order valence-corrected chi connectivity index (χ0v) is 14.1. The van der Waals surface area contributed by atoms with Crippen molar-refractivity contribution in [2.24, 2.45) is 0 Å². The molecule has 23 heavy (non-hydrogen) atoms. The van der Waals surface area contributed by atoms with Crippen LogP contribution >= 0.6 is 0 Å². The highest BCUT2D eigenvalue weighted by atomic mass is 16.2. The Kier molecular flexibility index (Phi) is 5.34. The maximum absolute atomic E-state index is 12.5. The number of carbonyl (C=O) groups excluding carboxylic acids is 2. The average Bonchev–Trinajstić information content (AvgIpc) is 2.54. The smallest absolute Gasteiger partial charge is 0.282 e. The van der Waals surface area contributed by atoms with Crippen molar-refractivity contribution in [3.63, 3.8) is 0 Å². The number of amides is 2. The Morgan fingerprint density at radius 1 is 1.13 bits per heavy atom. The first-order chi connectivity index (χ1) is 10.9. The summed E-state index contributed by atoms with van der Waals surface area (Å²) < 4.78 is 0. The van der Waals surface area contributed by atoms with E-state index in [1.165, 1.54) is 0 Å². The molecule has 0 aliphatic heterocycles. The van der Waals surface area contributed by atoms with Crippen LogP contribution in [0.4, 0.5) is 5.69 Å². The molecule has 0 aliphatic rings. The van der Waals surface area contributed by atoms with Gasteiger partial charge in [0.2, 0.25) is 0 Å². The van der Waals surface area contributed by atoms with Gasteiger partial charge in [0.05, 0.1) is 7.05 Å². The number of hydrogen-bond acceptors (Lipinski definition) is 2. The van der Waals surface area contributed by atoms with Crippen LogP contribution in [0, 0.1) is 0 Å². The van der Waals surface area contributed by atoms with E-state index in [0.717, 1.165) is 21.4 Å². The molecule has 0 spiro atoms. The summed E-state index contributed by atoms with van der Waals surface area (Å²) in [5.41, 5.74) is 0.798. The first-order valence-corrected chi connectivity index (χ1v) is 7.71. The lowest BCUT2D eigenvalue weighted by Gasteiger charge is -2.22. The number of benzene rings is 2. The molecule has 2 amide bonds. The molecular weight excluding hydrogens is 290 g/mol.